The lowest BCUT2D eigenvalue weighted by atomic mass is 9.74. The summed E-state index contributed by atoms with van der Waals surface area (Å²) in [5.41, 5.74) is 7.91. The van der Waals surface area contributed by atoms with Crippen LogP contribution in [0.1, 0.15) is 44.1 Å². The van der Waals surface area contributed by atoms with Crippen molar-refractivity contribution >= 4 is 0 Å². The Bertz CT molecular complexity index is 373. The highest BCUT2D eigenvalue weighted by molar-refractivity contribution is 5.26. The van der Waals surface area contributed by atoms with Gasteiger partial charge in [0.2, 0.25) is 0 Å². The van der Waals surface area contributed by atoms with Crippen LogP contribution in [0.25, 0.3) is 0 Å². The van der Waals surface area contributed by atoms with Crippen molar-refractivity contribution in [1.82, 2.24) is 4.90 Å². The molecule has 1 aliphatic heterocycles. The van der Waals surface area contributed by atoms with Gasteiger partial charge in [-0.15, -0.1) is 0 Å². The second-order valence-corrected chi connectivity index (χ2v) is 5.93. The van der Waals surface area contributed by atoms with E-state index in [0.29, 0.717) is 6.04 Å². The molecule has 2 nitrogen and oxygen atoms in total. The number of benzene rings is 1. The van der Waals surface area contributed by atoms with Crippen molar-refractivity contribution in [2.24, 2.45) is 5.73 Å². The van der Waals surface area contributed by atoms with Crippen LogP contribution < -0.4 is 5.73 Å². The Morgan fingerprint density at radius 1 is 1.00 bits per heavy atom. The van der Waals surface area contributed by atoms with E-state index < -0.39 is 0 Å². The Kier molecular flexibility index (Phi) is 3.40. The maximum Gasteiger partial charge on any atom is 0.0461 e. The first-order valence-corrected chi connectivity index (χ1v) is 7.37. The van der Waals surface area contributed by atoms with Gasteiger partial charge in [0.15, 0.2) is 0 Å². The average Bonchev–Trinajstić information content (AvgIpc) is 2.95. The van der Waals surface area contributed by atoms with Gasteiger partial charge in [0, 0.05) is 11.6 Å². The summed E-state index contributed by atoms with van der Waals surface area (Å²) in [5, 5.41) is 0. The predicted octanol–water partition coefficient (Wildman–Crippen LogP) is 2.88. The normalized spacial score (nSPS) is 33.7. The third-order valence-corrected chi connectivity index (χ3v) is 4.88. The van der Waals surface area contributed by atoms with Crippen molar-refractivity contribution in [1.29, 1.82) is 0 Å². The first-order valence-electron chi connectivity index (χ1n) is 7.37. The Labute approximate surface area is 110 Å². The van der Waals surface area contributed by atoms with Gasteiger partial charge in [0.1, 0.15) is 0 Å². The maximum absolute atomic E-state index is 6.11. The van der Waals surface area contributed by atoms with Crippen LogP contribution in [0, 0.1) is 0 Å². The van der Waals surface area contributed by atoms with Gasteiger partial charge >= 0.3 is 0 Å². The second kappa shape index (κ2) is 5.02. The summed E-state index contributed by atoms with van der Waals surface area (Å²) in [6, 6.07) is 11.5. The van der Waals surface area contributed by atoms with Crippen LogP contribution in [0.3, 0.4) is 0 Å². The number of likely N-dealkylation sites (tertiary alicyclic amines) is 1. The molecule has 3 rings (SSSR count). The van der Waals surface area contributed by atoms with E-state index in [0.717, 1.165) is 0 Å². The third-order valence-electron chi connectivity index (χ3n) is 4.88. The highest BCUT2D eigenvalue weighted by Gasteiger charge is 2.41. The van der Waals surface area contributed by atoms with E-state index in [2.05, 4.69) is 35.2 Å². The Morgan fingerprint density at radius 3 is 2.22 bits per heavy atom. The van der Waals surface area contributed by atoms with Gasteiger partial charge in [-0.05, 0) is 57.2 Å². The van der Waals surface area contributed by atoms with E-state index in [-0.39, 0.29) is 5.54 Å². The standard InChI is InChI=1S/C16H24N2/c17-15-8-10-16(11-9-15,18-12-4-5-13-18)14-6-2-1-3-7-14/h1-3,6-7,15H,4-5,8-13,17H2. The van der Waals surface area contributed by atoms with Crippen molar-refractivity contribution in [3.05, 3.63) is 35.9 Å². The molecule has 0 radical (unpaired) electrons. The lowest BCUT2D eigenvalue weighted by Gasteiger charge is -2.46. The summed E-state index contributed by atoms with van der Waals surface area (Å²) in [6.07, 6.45) is 7.54. The summed E-state index contributed by atoms with van der Waals surface area (Å²) < 4.78 is 0. The number of rotatable bonds is 2. The SMILES string of the molecule is NC1CCC(c2ccccc2)(N2CCCC2)CC1. The van der Waals surface area contributed by atoms with Gasteiger partial charge in [-0.3, -0.25) is 4.90 Å². The highest BCUT2D eigenvalue weighted by atomic mass is 15.2. The maximum atomic E-state index is 6.11. The summed E-state index contributed by atoms with van der Waals surface area (Å²) in [5.74, 6) is 0. The fourth-order valence-electron chi connectivity index (χ4n) is 3.80. The molecule has 1 aliphatic carbocycles. The zero-order valence-electron chi connectivity index (χ0n) is 11.1. The van der Waals surface area contributed by atoms with E-state index >= 15 is 0 Å². The van der Waals surface area contributed by atoms with Crippen molar-refractivity contribution in [3.63, 3.8) is 0 Å². The highest BCUT2D eigenvalue weighted by Crippen LogP contribution is 2.43. The van der Waals surface area contributed by atoms with Crippen LogP contribution in [0.2, 0.25) is 0 Å². The summed E-state index contributed by atoms with van der Waals surface area (Å²) in [7, 11) is 0. The van der Waals surface area contributed by atoms with E-state index in [1.54, 1.807) is 0 Å². The molecule has 0 spiro atoms. The number of hydrogen-bond acceptors (Lipinski definition) is 2. The Morgan fingerprint density at radius 2 is 1.61 bits per heavy atom. The topological polar surface area (TPSA) is 29.3 Å². The minimum absolute atomic E-state index is 0.285. The molecule has 1 saturated heterocycles. The number of hydrogen-bond donors (Lipinski definition) is 1. The lowest BCUT2D eigenvalue weighted by Crippen LogP contribution is -2.49. The molecule has 0 aromatic heterocycles. The van der Waals surface area contributed by atoms with Gasteiger partial charge in [0.05, 0.1) is 0 Å². The minimum Gasteiger partial charge on any atom is -0.328 e. The van der Waals surface area contributed by atoms with Gasteiger partial charge < -0.3 is 5.73 Å². The molecule has 0 amide bonds. The first-order chi connectivity index (χ1) is 8.81. The monoisotopic (exact) mass is 244 g/mol. The van der Waals surface area contributed by atoms with Crippen LogP contribution >= 0.6 is 0 Å². The Balaban J connectivity index is 1.92. The van der Waals surface area contributed by atoms with E-state index in [4.69, 9.17) is 5.73 Å². The van der Waals surface area contributed by atoms with Crippen molar-refractivity contribution in [3.8, 4) is 0 Å². The molecule has 1 saturated carbocycles. The van der Waals surface area contributed by atoms with Gasteiger partial charge in [0.25, 0.3) is 0 Å². The third kappa shape index (κ3) is 2.08. The van der Waals surface area contributed by atoms with Crippen molar-refractivity contribution < 1.29 is 0 Å². The summed E-state index contributed by atoms with van der Waals surface area (Å²) in [4.78, 5) is 2.73. The largest absolute Gasteiger partial charge is 0.328 e. The predicted molar refractivity (Wildman–Crippen MR) is 75.4 cm³/mol. The Hall–Kier alpha value is -0.860. The zero-order chi connectivity index (χ0) is 12.4. The van der Waals surface area contributed by atoms with Gasteiger partial charge in [-0.25, -0.2) is 0 Å². The number of nitrogens with zero attached hydrogens (tertiary/aromatic N) is 1. The zero-order valence-corrected chi connectivity index (χ0v) is 11.1. The molecule has 0 atom stereocenters. The molecular formula is C16H24N2. The van der Waals surface area contributed by atoms with Gasteiger partial charge in [-0.2, -0.15) is 0 Å². The molecule has 0 bridgehead atoms. The van der Waals surface area contributed by atoms with Crippen LogP contribution in [-0.4, -0.2) is 24.0 Å². The molecule has 1 aromatic rings. The van der Waals surface area contributed by atoms with E-state index in [1.807, 2.05) is 0 Å². The first kappa shape index (κ1) is 12.2. The molecule has 1 aromatic carbocycles. The van der Waals surface area contributed by atoms with Crippen molar-refractivity contribution in [2.75, 3.05) is 13.1 Å². The summed E-state index contributed by atoms with van der Waals surface area (Å²) in [6.45, 7) is 2.54. The molecule has 18 heavy (non-hydrogen) atoms. The number of nitrogens with two attached hydrogens (primary N) is 1. The van der Waals surface area contributed by atoms with Gasteiger partial charge in [-0.1, -0.05) is 30.3 Å². The van der Waals surface area contributed by atoms with Crippen LogP contribution in [-0.2, 0) is 5.54 Å². The molecule has 1 heterocycles. The smallest absolute Gasteiger partial charge is 0.0461 e. The molecule has 2 fully saturated rings. The molecule has 2 aliphatic rings. The second-order valence-electron chi connectivity index (χ2n) is 5.93. The molecule has 0 unspecified atom stereocenters. The quantitative estimate of drug-likeness (QED) is 0.866. The minimum atomic E-state index is 0.285. The van der Waals surface area contributed by atoms with Crippen LogP contribution in [0.5, 0.6) is 0 Å². The average molecular weight is 244 g/mol. The molecular weight excluding hydrogens is 220 g/mol. The van der Waals surface area contributed by atoms with E-state index in [9.17, 15) is 0 Å². The van der Waals surface area contributed by atoms with Crippen molar-refractivity contribution in [2.45, 2.75) is 50.1 Å². The summed E-state index contributed by atoms with van der Waals surface area (Å²) >= 11 is 0. The fraction of sp³-hybridized carbons (Fsp3) is 0.625. The van der Waals surface area contributed by atoms with Crippen LogP contribution in [0.4, 0.5) is 0 Å². The fourth-order valence-corrected chi connectivity index (χ4v) is 3.80. The lowest BCUT2D eigenvalue weighted by molar-refractivity contribution is 0.0648. The molecule has 2 N–H and O–H groups in total. The molecule has 2 heteroatoms. The van der Waals surface area contributed by atoms with Crippen LogP contribution in [0.15, 0.2) is 30.3 Å². The molecule has 98 valence electrons. The van der Waals surface area contributed by atoms with E-state index in [1.165, 1.54) is 57.2 Å².